The Morgan fingerprint density at radius 1 is 1.26 bits per heavy atom. The summed E-state index contributed by atoms with van der Waals surface area (Å²) >= 11 is 1.65. The van der Waals surface area contributed by atoms with Gasteiger partial charge in [0.15, 0.2) is 0 Å². The summed E-state index contributed by atoms with van der Waals surface area (Å²) in [5.74, 6) is 0. The van der Waals surface area contributed by atoms with Gasteiger partial charge in [-0.05, 0) is 32.4 Å². The van der Waals surface area contributed by atoms with E-state index >= 15 is 0 Å². The number of nitrogen functional groups attached to an aromatic ring is 1. The van der Waals surface area contributed by atoms with Crippen LogP contribution < -0.4 is 5.73 Å². The first-order valence-corrected chi connectivity index (χ1v) is 7.43. The van der Waals surface area contributed by atoms with Crippen molar-refractivity contribution >= 4 is 17.0 Å². The minimum absolute atomic E-state index is 0.286. The molecule has 3 nitrogen and oxygen atoms in total. The van der Waals surface area contributed by atoms with E-state index in [0.29, 0.717) is 6.61 Å². The molecule has 1 heterocycles. The van der Waals surface area contributed by atoms with Crippen molar-refractivity contribution in [2.24, 2.45) is 0 Å². The first kappa shape index (κ1) is 14.0. The molecule has 0 saturated heterocycles. The summed E-state index contributed by atoms with van der Waals surface area (Å²) in [7, 11) is 0. The van der Waals surface area contributed by atoms with Gasteiger partial charge >= 0.3 is 0 Å². The Balaban J connectivity index is 2.30. The highest BCUT2D eigenvalue weighted by Gasteiger charge is 2.28. The minimum Gasteiger partial charge on any atom is -0.399 e. The molecule has 0 fully saturated rings. The maximum atomic E-state index is 5.86. The number of hydrogen-bond donors (Lipinski definition) is 1. The molecule has 0 bridgehead atoms. The van der Waals surface area contributed by atoms with Gasteiger partial charge in [-0.25, -0.2) is 4.98 Å². The van der Waals surface area contributed by atoms with Crippen LogP contribution >= 0.6 is 11.3 Å². The van der Waals surface area contributed by atoms with Gasteiger partial charge in [0.1, 0.15) is 10.6 Å². The van der Waals surface area contributed by atoms with Crippen LogP contribution in [0.4, 0.5) is 5.69 Å². The quantitative estimate of drug-likeness (QED) is 0.838. The third-order valence-electron chi connectivity index (χ3n) is 3.30. The predicted octanol–water partition coefficient (Wildman–Crippen LogP) is 4.05. The number of thiazole rings is 1. The van der Waals surface area contributed by atoms with Gasteiger partial charge in [-0.1, -0.05) is 19.1 Å². The van der Waals surface area contributed by atoms with Gasteiger partial charge in [-0.2, -0.15) is 0 Å². The minimum atomic E-state index is -0.286. The molecule has 19 heavy (non-hydrogen) atoms. The van der Waals surface area contributed by atoms with Gasteiger partial charge in [0, 0.05) is 23.2 Å². The zero-order valence-corrected chi connectivity index (χ0v) is 12.5. The van der Waals surface area contributed by atoms with Crippen LogP contribution in [0.5, 0.6) is 0 Å². The maximum Gasteiger partial charge on any atom is 0.125 e. The number of benzene rings is 1. The third-order valence-corrected chi connectivity index (χ3v) is 4.39. The molecule has 1 atom stereocenters. The van der Waals surface area contributed by atoms with Crippen molar-refractivity contribution in [3.8, 4) is 11.3 Å². The van der Waals surface area contributed by atoms with E-state index in [2.05, 4.69) is 19.2 Å². The second-order valence-electron chi connectivity index (χ2n) is 4.68. The molecule has 0 aliphatic rings. The van der Waals surface area contributed by atoms with Crippen molar-refractivity contribution in [2.75, 3.05) is 12.3 Å². The maximum absolute atomic E-state index is 5.86. The van der Waals surface area contributed by atoms with Crippen molar-refractivity contribution < 1.29 is 4.74 Å². The number of aromatic nitrogens is 1. The van der Waals surface area contributed by atoms with Crippen LogP contribution in [-0.4, -0.2) is 11.6 Å². The highest BCUT2D eigenvalue weighted by Crippen LogP contribution is 2.34. The SMILES string of the molecule is CCOC(C)(CC)c1nc(-c2ccc(N)cc2)cs1. The van der Waals surface area contributed by atoms with E-state index in [9.17, 15) is 0 Å². The average Bonchev–Trinajstić information content (AvgIpc) is 2.90. The number of anilines is 1. The molecule has 2 rings (SSSR count). The predicted molar refractivity (Wildman–Crippen MR) is 81.2 cm³/mol. The van der Waals surface area contributed by atoms with Crippen LogP contribution in [0.3, 0.4) is 0 Å². The zero-order chi connectivity index (χ0) is 13.9. The molecule has 0 radical (unpaired) electrons. The van der Waals surface area contributed by atoms with E-state index in [0.717, 1.165) is 28.4 Å². The van der Waals surface area contributed by atoms with Gasteiger partial charge in [-0.15, -0.1) is 11.3 Å². The van der Waals surface area contributed by atoms with Crippen LogP contribution in [-0.2, 0) is 10.3 Å². The molecular weight excluding hydrogens is 256 g/mol. The van der Waals surface area contributed by atoms with Crippen molar-refractivity contribution in [1.29, 1.82) is 0 Å². The van der Waals surface area contributed by atoms with Gasteiger partial charge in [0.25, 0.3) is 0 Å². The largest absolute Gasteiger partial charge is 0.399 e. The summed E-state index contributed by atoms with van der Waals surface area (Å²) in [6, 6.07) is 7.79. The first-order valence-electron chi connectivity index (χ1n) is 6.55. The summed E-state index contributed by atoms with van der Waals surface area (Å²) in [6.45, 7) is 6.94. The molecule has 0 aliphatic carbocycles. The summed E-state index contributed by atoms with van der Waals surface area (Å²) in [4.78, 5) is 4.72. The van der Waals surface area contributed by atoms with E-state index in [1.54, 1.807) is 11.3 Å². The average molecular weight is 276 g/mol. The Labute approximate surface area is 118 Å². The molecule has 102 valence electrons. The number of hydrogen-bond acceptors (Lipinski definition) is 4. The molecule has 1 aromatic heterocycles. The number of nitrogens with two attached hydrogens (primary N) is 1. The fraction of sp³-hybridized carbons (Fsp3) is 0.400. The van der Waals surface area contributed by atoms with Crippen molar-refractivity contribution in [3.63, 3.8) is 0 Å². The fourth-order valence-corrected chi connectivity index (χ4v) is 2.95. The van der Waals surface area contributed by atoms with Gasteiger partial charge in [-0.3, -0.25) is 0 Å². The van der Waals surface area contributed by atoms with E-state index in [1.165, 1.54) is 0 Å². The number of rotatable bonds is 5. The third kappa shape index (κ3) is 2.96. The van der Waals surface area contributed by atoms with E-state index in [1.807, 2.05) is 31.2 Å². The van der Waals surface area contributed by atoms with Gasteiger partial charge in [0.05, 0.1) is 5.69 Å². The molecule has 0 saturated carbocycles. The monoisotopic (exact) mass is 276 g/mol. The summed E-state index contributed by atoms with van der Waals surface area (Å²) in [5.41, 5.74) is 8.26. The lowest BCUT2D eigenvalue weighted by Gasteiger charge is -2.25. The van der Waals surface area contributed by atoms with Crippen LogP contribution in [0.25, 0.3) is 11.3 Å². The molecule has 1 unspecified atom stereocenters. The summed E-state index contributed by atoms with van der Waals surface area (Å²) in [6.07, 6.45) is 0.912. The Morgan fingerprint density at radius 2 is 1.95 bits per heavy atom. The number of ether oxygens (including phenoxy) is 1. The van der Waals surface area contributed by atoms with Crippen LogP contribution in [0.2, 0.25) is 0 Å². The molecule has 0 aliphatic heterocycles. The molecule has 2 aromatic rings. The second-order valence-corrected chi connectivity index (χ2v) is 5.54. The van der Waals surface area contributed by atoms with Crippen molar-refractivity contribution in [1.82, 2.24) is 4.98 Å². The molecule has 1 aromatic carbocycles. The molecule has 4 heteroatoms. The lowest BCUT2D eigenvalue weighted by Crippen LogP contribution is -2.24. The van der Waals surface area contributed by atoms with Crippen LogP contribution in [0.15, 0.2) is 29.6 Å². The lowest BCUT2D eigenvalue weighted by molar-refractivity contribution is -0.0324. The normalized spacial score (nSPS) is 14.3. The second kappa shape index (κ2) is 5.72. The number of nitrogens with zero attached hydrogens (tertiary/aromatic N) is 1. The Bertz CT molecular complexity index is 535. The summed E-state index contributed by atoms with van der Waals surface area (Å²) < 4.78 is 5.86. The fourth-order valence-electron chi connectivity index (χ4n) is 1.94. The Morgan fingerprint density at radius 3 is 2.53 bits per heavy atom. The lowest BCUT2D eigenvalue weighted by atomic mass is 10.0. The van der Waals surface area contributed by atoms with Crippen molar-refractivity contribution in [3.05, 3.63) is 34.7 Å². The zero-order valence-electron chi connectivity index (χ0n) is 11.6. The van der Waals surface area contributed by atoms with Crippen LogP contribution in [0, 0.1) is 0 Å². The van der Waals surface area contributed by atoms with Gasteiger partial charge < -0.3 is 10.5 Å². The topological polar surface area (TPSA) is 48.1 Å². The molecule has 0 spiro atoms. The highest BCUT2D eigenvalue weighted by molar-refractivity contribution is 7.10. The van der Waals surface area contributed by atoms with Crippen molar-refractivity contribution in [2.45, 2.75) is 32.8 Å². The van der Waals surface area contributed by atoms with Gasteiger partial charge in [0.2, 0.25) is 0 Å². The Kier molecular flexibility index (Phi) is 4.22. The molecular formula is C15H20N2OS. The standard InChI is InChI=1S/C15H20N2OS/c1-4-15(3,18-5-2)14-17-13(10-19-14)11-6-8-12(16)9-7-11/h6-10H,4-5,16H2,1-3H3. The van der Waals surface area contributed by atoms with Crippen LogP contribution in [0.1, 0.15) is 32.2 Å². The van der Waals surface area contributed by atoms with E-state index in [4.69, 9.17) is 15.5 Å². The summed E-state index contributed by atoms with van der Waals surface area (Å²) in [5, 5.41) is 3.11. The Hall–Kier alpha value is -1.39. The van der Waals surface area contributed by atoms with E-state index in [-0.39, 0.29) is 5.60 Å². The molecule has 0 amide bonds. The van der Waals surface area contributed by atoms with E-state index < -0.39 is 0 Å². The molecule has 2 N–H and O–H groups in total. The first-order chi connectivity index (χ1) is 9.09. The highest BCUT2D eigenvalue weighted by atomic mass is 32.1. The smallest absolute Gasteiger partial charge is 0.125 e.